The number of thiazole rings is 1. The van der Waals surface area contributed by atoms with Gasteiger partial charge in [-0.05, 0) is 46.3 Å². The lowest BCUT2D eigenvalue weighted by molar-refractivity contribution is -0.274. The summed E-state index contributed by atoms with van der Waals surface area (Å²) in [7, 11) is 1.49. The van der Waals surface area contributed by atoms with Crippen LogP contribution in [0.15, 0.2) is 40.9 Å². The number of halogens is 4. The number of anilines is 1. The fourth-order valence-corrected chi connectivity index (χ4v) is 3.44. The molecule has 0 aliphatic rings. The Labute approximate surface area is 157 Å². The second-order valence-electron chi connectivity index (χ2n) is 5.00. The number of methoxy groups -OCH3 is 1. The quantitative estimate of drug-likeness (QED) is 0.596. The molecule has 3 aromatic rings. The van der Waals surface area contributed by atoms with E-state index in [1.54, 1.807) is 18.2 Å². The molecule has 5 nitrogen and oxygen atoms in total. The molecule has 1 N–H and O–H groups in total. The molecular formula is C16H10BrF3N2O3S. The first-order chi connectivity index (χ1) is 12.2. The predicted molar refractivity (Wildman–Crippen MR) is 95.0 cm³/mol. The fraction of sp³-hybridized carbons (Fsp3) is 0.125. The van der Waals surface area contributed by atoms with Gasteiger partial charge < -0.3 is 9.47 Å². The van der Waals surface area contributed by atoms with Crippen molar-refractivity contribution in [1.29, 1.82) is 0 Å². The van der Waals surface area contributed by atoms with E-state index in [0.717, 1.165) is 11.3 Å². The molecule has 0 saturated heterocycles. The van der Waals surface area contributed by atoms with Crippen molar-refractivity contribution < 1.29 is 27.4 Å². The fourth-order valence-electron chi connectivity index (χ4n) is 2.13. The summed E-state index contributed by atoms with van der Waals surface area (Å²) in [5.74, 6) is -0.264. The highest BCUT2D eigenvalue weighted by Gasteiger charge is 2.31. The van der Waals surface area contributed by atoms with Crippen molar-refractivity contribution in [2.24, 2.45) is 0 Å². The number of carbonyl (C=O) groups is 1. The standard InChI is InChI=1S/C16H10BrF3N2O3S/c1-24-8-2-4-11(17)10(6-8)14(23)22-15-21-12-5-3-9(7-13(12)26-15)25-16(18,19)20/h2-7H,1H3,(H,21,22,23). The molecule has 1 amide bonds. The highest BCUT2D eigenvalue weighted by atomic mass is 79.9. The van der Waals surface area contributed by atoms with Crippen LogP contribution in [0, 0.1) is 0 Å². The van der Waals surface area contributed by atoms with E-state index in [-0.39, 0.29) is 10.9 Å². The van der Waals surface area contributed by atoms with Gasteiger partial charge in [0.2, 0.25) is 0 Å². The highest BCUT2D eigenvalue weighted by molar-refractivity contribution is 9.10. The SMILES string of the molecule is COc1ccc(Br)c(C(=O)Nc2nc3ccc(OC(F)(F)F)cc3s2)c1. The van der Waals surface area contributed by atoms with Crippen LogP contribution in [-0.4, -0.2) is 24.4 Å². The van der Waals surface area contributed by atoms with E-state index in [2.05, 4.69) is 31.0 Å². The van der Waals surface area contributed by atoms with Gasteiger partial charge in [-0.15, -0.1) is 13.2 Å². The number of benzene rings is 2. The Morgan fingerprint density at radius 1 is 1.19 bits per heavy atom. The van der Waals surface area contributed by atoms with Gasteiger partial charge in [0.15, 0.2) is 5.13 Å². The first kappa shape index (κ1) is 18.5. The summed E-state index contributed by atoms with van der Waals surface area (Å²) in [6.45, 7) is 0. The van der Waals surface area contributed by atoms with Crippen molar-refractivity contribution in [3.63, 3.8) is 0 Å². The molecule has 0 atom stereocenters. The maximum Gasteiger partial charge on any atom is 0.573 e. The Balaban J connectivity index is 1.84. The zero-order valence-electron chi connectivity index (χ0n) is 13.1. The van der Waals surface area contributed by atoms with Crippen LogP contribution >= 0.6 is 27.3 Å². The zero-order valence-corrected chi connectivity index (χ0v) is 15.5. The molecule has 3 rings (SSSR count). The number of hydrogen-bond donors (Lipinski definition) is 1. The number of aromatic nitrogens is 1. The van der Waals surface area contributed by atoms with E-state index in [1.807, 2.05) is 0 Å². The summed E-state index contributed by atoms with van der Waals surface area (Å²) in [6.07, 6.45) is -4.77. The molecule has 2 aromatic carbocycles. The van der Waals surface area contributed by atoms with E-state index < -0.39 is 12.3 Å². The molecule has 0 fully saturated rings. The maximum absolute atomic E-state index is 12.4. The Kier molecular flexibility index (Phi) is 5.05. The van der Waals surface area contributed by atoms with Gasteiger partial charge in [-0.25, -0.2) is 4.98 Å². The third-order valence-corrected chi connectivity index (χ3v) is 4.86. The van der Waals surface area contributed by atoms with Crippen LogP contribution in [0.1, 0.15) is 10.4 Å². The van der Waals surface area contributed by atoms with Crippen LogP contribution in [0.25, 0.3) is 10.2 Å². The summed E-state index contributed by atoms with van der Waals surface area (Å²) >= 11 is 4.33. The highest BCUT2D eigenvalue weighted by Crippen LogP contribution is 2.32. The molecular weight excluding hydrogens is 437 g/mol. The molecule has 0 aliphatic carbocycles. The summed E-state index contributed by atoms with van der Waals surface area (Å²) in [6, 6.07) is 8.71. The lowest BCUT2D eigenvalue weighted by atomic mass is 10.2. The molecule has 0 bridgehead atoms. The van der Waals surface area contributed by atoms with E-state index in [1.165, 1.54) is 25.3 Å². The Morgan fingerprint density at radius 2 is 1.92 bits per heavy atom. The summed E-state index contributed by atoms with van der Waals surface area (Å²) < 4.78 is 46.9. The minimum absolute atomic E-state index is 0.254. The lowest BCUT2D eigenvalue weighted by Gasteiger charge is -2.07. The number of rotatable bonds is 4. The van der Waals surface area contributed by atoms with Gasteiger partial charge in [-0.3, -0.25) is 10.1 Å². The third kappa shape index (κ3) is 4.25. The zero-order chi connectivity index (χ0) is 18.9. The molecule has 0 unspecified atom stereocenters. The number of amides is 1. The Hall–Kier alpha value is -2.33. The number of nitrogens with one attached hydrogen (secondary N) is 1. The topological polar surface area (TPSA) is 60.5 Å². The van der Waals surface area contributed by atoms with Crippen molar-refractivity contribution in [1.82, 2.24) is 4.98 Å². The van der Waals surface area contributed by atoms with Crippen LogP contribution in [0.4, 0.5) is 18.3 Å². The summed E-state index contributed by atoms with van der Waals surface area (Å²) in [4.78, 5) is 16.6. The number of ether oxygens (including phenoxy) is 2. The van der Waals surface area contributed by atoms with Crippen LogP contribution in [0.5, 0.6) is 11.5 Å². The van der Waals surface area contributed by atoms with Crippen LogP contribution in [0.2, 0.25) is 0 Å². The van der Waals surface area contributed by atoms with Crippen LogP contribution in [0.3, 0.4) is 0 Å². The summed E-state index contributed by atoms with van der Waals surface area (Å²) in [5.41, 5.74) is 0.786. The van der Waals surface area contributed by atoms with Crippen LogP contribution in [-0.2, 0) is 0 Å². The van der Waals surface area contributed by atoms with Gasteiger partial charge in [0.1, 0.15) is 11.5 Å². The van der Waals surface area contributed by atoms with Crippen molar-refractivity contribution in [2.45, 2.75) is 6.36 Å². The monoisotopic (exact) mass is 446 g/mol. The van der Waals surface area contributed by atoms with E-state index in [4.69, 9.17) is 4.74 Å². The van der Waals surface area contributed by atoms with Gasteiger partial charge >= 0.3 is 6.36 Å². The lowest BCUT2D eigenvalue weighted by Crippen LogP contribution is -2.16. The van der Waals surface area contributed by atoms with Gasteiger partial charge in [-0.2, -0.15) is 0 Å². The third-order valence-electron chi connectivity index (χ3n) is 3.23. The van der Waals surface area contributed by atoms with Gasteiger partial charge in [0.25, 0.3) is 5.91 Å². The average molecular weight is 447 g/mol. The van der Waals surface area contributed by atoms with Crippen molar-refractivity contribution in [3.8, 4) is 11.5 Å². The van der Waals surface area contributed by atoms with E-state index in [0.29, 0.717) is 26.0 Å². The molecule has 0 spiro atoms. The molecule has 0 saturated carbocycles. The summed E-state index contributed by atoms with van der Waals surface area (Å²) in [5, 5.41) is 2.88. The minimum atomic E-state index is -4.77. The molecule has 136 valence electrons. The van der Waals surface area contributed by atoms with Crippen molar-refractivity contribution in [3.05, 3.63) is 46.4 Å². The van der Waals surface area contributed by atoms with E-state index in [9.17, 15) is 18.0 Å². The number of fused-ring (bicyclic) bond motifs is 1. The number of hydrogen-bond acceptors (Lipinski definition) is 5. The molecule has 1 aromatic heterocycles. The normalized spacial score (nSPS) is 11.4. The second kappa shape index (κ2) is 7.12. The first-order valence-corrected chi connectivity index (χ1v) is 8.67. The molecule has 10 heteroatoms. The van der Waals surface area contributed by atoms with Crippen molar-refractivity contribution in [2.75, 3.05) is 12.4 Å². The van der Waals surface area contributed by atoms with Crippen molar-refractivity contribution >= 4 is 48.5 Å². The average Bonchev–Trinajstić information content (AvgIpc) is 2.95. The molecule has 0 aliphatic heterocycles. The van der Waals surface area contributed by atoms with Gasteiger partial charge in [0.05, 0.1) is 22.9 Å². The van der Waals surface area contributed by atoms with E-state index >= 15 is 0 Å². The Bertz CT molecular complexity index is 975. The Morgan fingerprint density at radius 3 is 2.62 bits per heavy atom. The minimum Gasteiger partial charge on any atom is -0.497 e. The molecule has 26 heavy (non-hydrogen) atoms. The van der Waals surface area contributed by atoms with Gasteiger partial charge in [0, 0.05) is 10.5 Å². The van der Waals surface area contributed by atoms with Gasteiger partial charge in [-0.1, -0.05) is 11.3 Å². The second-order valence-corrected chi connectivity index (χ2v) is 6.88. The molecule has 1 heterocycles. The van der Waals surface area contributed by atoms with Crippen LogP contribution < -0.4 is 14.8 Å². The predicted octanol–water partition coefficient (Wildman–Crippen LogP) is 5.22. The number of alkyl halides is 3. The smallest absolute Gasteiger partial charge is 0.497 e. The molecule has 0 radical (unpaired) electrons. The number of nitrogens with zero attached hydrogens (tertiary/aromatic N) is 1. The largest absolute Gasteiger partial charge is 0.573 e. The maximum atomic E-state index is 12.4. The number of carbonyl (C=O) groups excluding carboxylic acids is 1. The first-order valence-electron chi connectivity index (χ1n) is 7.06.